The maximum atomic E-state index is 10.6. The molecule has 2 aliphatic rings. The van der Waals surface area contributed by atoms with E-state index in [4.69, 9.17) is 19.4 Å². The van der Waals surface area contributed by atoms with E-state index in [1.807, 2.05) is 41.7 Å². The minimum absolute atomic E-state index is 0.0470. The lowest BCUT2D eigenvalue weighted by atomic mass is 9.88. The zero-order valence-electron chi connectivity index (χ0n) is 16.3. The number of rotatable bonds is 4. The smallest absolute Gasteiger partial charge is 0.488 e. The highest BCUT2D eigenvalue weighted by Crippen LogP contribution is 2.37. The molecular weight excluding hydrogens is 419 g/mol. The second-order valence-corrected chi connectivity index (χ2v) is 8.44. The van der Waals surface area contributed by atoms with Gasteiger partial charge in [0, 0.05) is 30.9 Å². The minimum Gasteiger partial charge on any atom is -0.488 e. The predicted molar refractivity (Wildman–Crippen MR) is 107 cm³/mol. The predicted octanol–water partition coefficient (Wildman–Crippen LogP) is 4.58. The summed E-state index contributed by atoms with van der Waals surface area (Å²) in [4.78, 5) is 12.9. The van der Waals surface area contributed by atoms with Gasteiger partial charge in [0.1, 0.15) is 11.9 Å². The van der Waals surface area contributed by atoms with E-state index in [0.29, 0.717) is 0 Å². The van der Waals surface area contributed by atoms with Gasteiger partial charge in [-0.3, -0.25) is 4.90 Å². The van der Waals surface area contributed by atoms with E-state index < -0.39 is 12.1 Å². The van der Waals surface area contributed by atoms with E-state index in [9.17, 15) is 13.2 Å². The Morgan fingerprint density at radius 2 is 1.87 bits per heavy atom. The third-order valence-electron chi connectivity index (χ3n) is 5.19. The van der Waals surface area contributed by atoms with E-state index in [1.165, 1.54) is 4.88 Å². The fourth-order valence-corrected chi connectivity index (χ4v) is 4.41. The molecule has 2 fully saturated rings. The average molecular weight is 443 g/mol. The number of carboxylic acid groups (broad SMARTS) is 1. The molecule has 164 valence electrons. The van der Waals surface area contributed by atoms with Crippen LogP contribution in [0.5, 0.6) is 5.75 Å². The highest BCUT2D eigenvalue weighted by atomic mass is 32.1. The van der Waals surface area contributed by atoms with Crippen molar-refractivity contribution in [2.45, 2.75) is 43.7 Å². The molecule has 3 heterocycles. The molecule has 2 aliphatic heterocycles. The molecule has 0 radical (unpaired) electrons. The number of nitrogens with zero attached hydrogens (tertiary/aromatic N) is 1. The van der Waals surface area contributed by atoms with Gasteiger partial charge in [-0.2, -0.15) is 13.2 Å². The summed E-state index contributed by atoms with van der Waals surface area (Å²) in [5.41, 5.74) is 0.0470. The van der Waals surface area contributed by atoms with E-state index in [0.717, 1.165) is 51.3 Å². The van der Waals surface area contributed by atoms with Crippen molar-refractivity contribution in [3.63, 3.8) is 0 Å². The molecule has 1 spiro atoms. The fraction of sp³-hybridized carbons (Fsp3) is 0.476. The number of benzene rings is 1. The Morgan fingerprint density at radius 1 is 1.20 bits per heavy atom. The number of para-hydroxylation sites is 1. The Balaban J connectivity index is 0.000000318. The maximum absolute atomic E-state index is 10.6. The van der Waals surface area contributed by atoms with Crippen LogP contribution in [0.2, 0.25) is 0 Å². The number of aliphatic carboxylic acids is 1. The van der Waals surface area contributed by atoms with E-state index in [-0.39, 0.29) is 11.7 Å². The normalized spacial score (nSPS) is 21.1. The summed E-state index contributed by atoms with van der Waals surface area (Å²) in [7, 11) is 0. The molecule has 5 nitrogen and oxygen atoms in total. The van der Waals surface area contributed by atoms with Gasteiger partial charge in [-0.1, -0.05) is 24.3 Å². The molecule has 0 amide bonds. The molecule has 0 aliphatic carbocycles. The third kappa shape index (κ3) is 6.45. The summed E-state index contributed by atoms with van der Waals surface area (Å²) in [6.45, 7) is 4.05. The van der Waals surface area contributed by atoms with Gasteiger partial charge in [0.05, 0.1) is 12.2 Å². The summed E-state index contributed by atoms with van der Waals surface area (Å²) in [5.74, 6) is -1.80. The van der Waals surface area contributed by atoms with E-state index in [2.05, 4.69) is 22.4 Å². The summed E-state index contributed by atoms with van der Waals surface area (Å²) >= 11 is 1.85. The van der Waals surface area contributed by atoms with Crippen LogP contribution >= 0.6 is 11.3 Å². The monoisotopic (exact) mass is 443 g/mol. The van der Waals surface area contributed by atoms with Gasteiger partial charge >= 0.3 is 12.1 Å². The number of piperidine rings is 1. The highest BCUT2D eigenvalue weighted by Gasteiger charge is 2.43. The van der Waals surface area contributed by atoms with Crippen LogP contribution in [0, 0.1) is 0 Å². The second-order valence-electron chi connectivity index (χ2n) is 7.41. The summed E-state index contributed by atoms with van der Waals surface area (Å²) in [6, 6.07) is 14.5. The van der Waals surface area contributed by atoms with Crippen LogP contribution in [0.3, 0.4) is 0 Å². The van der Waals surface area contributed by atoms with Crippen LogP contribution in [0.1, 0.15) is 24.1 Å². The molecule has 4 rings (SSSR count). The van der Waals surface area contributed by atoms with Crippen LogP contribution in [0.25, 0.3) is 0 Å². The minimum atomic E-state index is -5.08. The first kappa shape index (κ1) is 22.6. The zero-order valence-corrected chi connectivity index (χ0v) is 17.1. The van der Waals surface area contributed by atoms with Crippen molar-refractivity contribution in [1.29, 1.82) is 0 Å². The van der Waals surface area contributed by atoms with Crippen molar-refractivity contribution in [2.24, 2.45) is 0 Å². The van der Waals surface area contributed by atoms with Gasteiger partial charge in [0.2, 0.25) is 0 Å². The number of hydrogen-bond acceptors (Lipinski definition) is 5. The Kier molecular flexibility index (Phi) is 7.38. The van der Waals surface area contributed by atoms with Crippen molar-refractivity contribution >= 4 is 17.3 Å². The van der Waals surface area contributed by atoms with Crippen molar-refractivity contribution < 1.29 is 32.5 Å². The topological polar surface area (TPSA) is 59.0 Å². The van der Waals surface area contributed by atoms with E-state index in [1.54, 1.807) is 0 Å². The van der Waals surface area contributed by atoms with Crippen molar-refractivity contribution in [3.05, 3.63) is 52.7 Å². The Bertz CT molecular complexity index is 790. The van der Waals surface area contributed by atoms with Gasteiger partial charge < -0.3 is 14.6 Å². The number of carboxylic acids is 1. The molecule has 0 saturated carbocycles. The standard InChI is InChI=1S/C19H23NO2S.C2HF3O2/c1-2-5-16(6-3-1)22-17-13-19(21-15-17)8-10-20(11-9-19)14-18-7-4-12-23-18;3-2(4,5)1(6)7/h1-7,12,17H,8-11,13-15H2;(H,6,7). The van der Waals surface area contributed by atoms with Crippen LogP contribution in [0.15, 0.2) is 47.8 Å². The Morgan fingerprint density at radius 3 is 2.43 bits per heavy atom. The number of halogens is 3. The lowest BCUT2D eigenvalue weighted by Gasteiger charge is -2.38. The quantitative estimate of drug-likeness (QED) is 0.750. The van der Waals surface area contributed by atoms with Gasteiger partial charge in [0.25, 0.3) is 0 Å². The van der Waals surface area contributed by atoms with Crippen LogP contribution in [0.4, 0.5) is 13.2 Å². The van der Waals surface area contributed by atoms with Gasteiger partial charge in [-0.25, -0.2) is 4.79 Å². The molecule has 30 heavy (non-hydrogen) atoms. The number of likely N-dealkylation sites (tertiary alicyclic amines) is 1. The van der Waals surface area contributed by atoms with Crippen molar-refractivity contribution in [3.8, 4) is 5.75 Å². The molecule has 2 aromatic rings. The van der Waals surface area contributed by atoms with Gasteiger partial charge in [-0.05, 0) is 36.4 Å². The molecular formula is C21H24F3NO4S. The van der Waals surface area contributed by atoms with E-state index >= 15 is 0 Å². The number of ether oxygens (including phenoxy) is 2. The van der Waals surface area contributed by atoms with Gasteiger partial charge in [-0.15, -0.1) is 11.3 Å². The maximum Gasteiger partial charge on any atom is 0.490 e. The summed E-state index contributed by atoms with van der Waals surface area (Å²) in [5, 5.41) is 9.28. The zero-order chi connectivity index (χ0) is 21.6. The largest absolute Gasteiger partial charge is 0.490 e. The molecule has 2 saturated heterocycles. The summed E-state index contributed by atoms with van der Waals surface area (Å²) < 4.78 is 44.0. The molecule has 1 N–H and O–H groups in total. The first-order valence-corrected chi connectivity index (χ1v) is 10.5. The molecule has 1 aromatic heterocycles. The van der Waals surface area contributed by atoms with Crippen LogP contribution in [-0.4, -0.2) is 53.6 Å². The third-order valence-corrected chi connectivity index (χ3v) is 6.05. The fourth-order valence-electron chi connectivity index (χ4n) is 3.66. The highest BCUT2D eigenvalue weighted by molar-refractivity contribution is 7.09. The number of alkyl halides is 3. The Labute approximate surface area is 177 Å². The van der Waals surface area contributed by atoms with Crippen LogP contribution in [-0.2, 0) is 16.1 Å². The molecule has 1 atom stereocenters. The van der Waals surface area contributed by atoms with Crippen LogP contribution < -0.4 is 4.74 Å². The summed E-state index contributed by atoms with van der Waals surface area (Å²) in [6.07, 6.45) is -1.63. The number of thiophene rings is 1. The molecule has 0 bridgehead atoms. The SMILES string of the molecule is O=C(O)C(F)(F)F.c1ccc(OC2COC3(CCN(Cc4cccs4)CC3)C2)cc1. The Hall–Kier alpha value is -2.10. The van der Waals surface area contributed by atoms with Gasteiger partial charge in [0.15, 0.2) is 0 Å². The molecule has 1 unspecified atom stereocenters. The first-order valence-electron chi connectivity index (χ1n) is 9.66. The molecule has 9 heteroatoms. The number of carbonyl (C=O) groups is 1. The van der Waals surface area contributed by atoms with Crippen molar-refractivity contribution in [2.75, 3.05) is 19.7 Å². The van der Waals surface area contributed by atoms with Crippen molar-refractivity contribution in [1.82, 2.24) is 4.90 Å². The lowest BCUT2D eigenvalue weighted by Crippen LogP contribution is -2.43. The number of hydrogen-bond donors (Lipinski definition) is 1. The molecule has 1 aromatic carbocycles. The second kappa shape index (κ2) is 9.80. The first-order chi connectivity index (χ1) is 14.3. The average Bonchev–Trinajstić information content (AvgIpc) is 3.35. The lowest BCUT2D eigenvalue weighted by molar-refractivity contribution is -0.192.